The van der Waals surface area contributed by atoms with Crippen LogP contribution in [0.4, 0.5) is 0 Å². The van der Waals surface area contributed by atoms with Gasteiger partial charge in [-0.1, -0.05) is 18.2 Å². The molecule has 0 radical (unpaired) electrons. The molecule has 0 saturated carbocycles. The van der Waals surface area contributed by atoms with Crippen LogP contribution in [0.1, 0.15) is 12.6 Å². The summed E-state index contributed by atoms with van der Waals surface area (Å²) in [6.07, 6.45) is 3.57. The summed E-state index contributed by atoms with van der Waals surface area (Å²) >= 11 is 0. The van der Waals surface area contributed by atoms with E-state index < -0.39 is 0 Å². The Kier molecular flexibility index (Phi) is 3.64. The van der Waals surface area contributed by atoms with Crippen molar-refractivity contribution in [1.29, 1.82) is 0 Å². The Morgan fingerprint density at radius 3 is 2.76 bits per heavy atom. The van der Waals surface area contributed by atoms with Crippen molar-refractivity contribution >= 4 is 17.0 Å². The predicted octanol–water partition coefficient (Wildman–Crippen LogP) is 2.53. The molecule has 2 heterocycles. The Labute approximate surface area is 122 Å². The minimum atomic E-state index is -0.273. The number of para-hydroxylation sites is 1. The van der Waals surface area contributed by atoms with Crippen molar-refractivity contribution in [1.82, 2.24) is 14.5 Å². The van der Waals surface area contributed by atoms with E-state index in [-0.39, 0.29) is 12.4 Å². The van der Waals surface area contributed by atoms with E-state index in [2.05, 4.69) is 9.97 Å². The summed E-state index contributed by atoms with van der Waals surface area (Å²) < 4.78 is 6.96. The molecule has 0 aliphatic heterocycles. The Morgan fingerprint density at radius 2 is 2.00 bits per heavy atom. The summed E-state index contributed by atoms with van der Waals surface area (Å²) in [4.78, 5) is 20.2. The third kappa shape index (κ3) is 2.63. The molecule has 3 rings (SSSR count). The number of rotatable bonds is 4. The number of ether oxygens (including phenoxy) is 1. The molecule has 0 bridgehead atoms. The van der Waals surface area contributed by atoms with Crippen LogP contribution in [-0.4, -0.2) is 27.1 Å². The molecule has 0 fully saturated rings. The third-order valence-corrected chi connectivity index (χ3v) is 3.22. The molecule has 3 aromatic rings. The monoisotopic (exact) mass is 281 g/mol. The summed E-state index contributed by atoms with van der Waals surface area (Å²) in [5.41, 5.74) is 2.50. The number of fused-ring (bicyclic) bond motifs is 1. The van der Waals surface area contributed by atoms with Crippen molar-refractivity contribution in [2.75, 3.05) is 6.61 Å². The topological polar surface area (TPSA) is 57.0 Å². The Balaban J connectivity index is 2.02. The second kappa shape index (κ2) is 5.75. The highest BCUT2D eigenvalue weighted by Crippen LogP contribution is 2.20. The number of nitrogens with zero attached hydrogens (tertiary/aromatic N) is 3. The molecule has 0 saturated heterocycles. The number of benzene rings is 1. The average molecular weight is 281 g/mol. The van der Waals surface area contributed by atoms with E-state index in [1.54, 1.807) is 6.92 Å². The van der Waals surface area contributed by atoms with Crippen molar-refractivity contribution in [3.63, 3.8) is 0 Å². The fraction of sp³-hybridized carbons (Fsp3) is 0.188. The molecule has 0 aliphatic carbocycles. The van der Waals surface area contributed by atoms with Gasteiger partial charge in [-0.25, -0.2) is 9.97 Å². The van der Waals surface area contributed by atoms with Crippen LogP contribution in [-0.2, 0) is 16.0 Å². The first-order chi connectivity index (χ1) is 10.3. The lowest BCUT2D eigenvalue weighted by Gasteiger charge is -2.05. The summed E-state index contributed by atoms with van der Waals surface area (Å²) in [6, 6.07) is 11.9. The Hall–Kier alpha value is -2.69. The third-order valence-electron chi connectivity index (χ3n) is 3.22. The summed E-state index contributed by atoms with van der Waals surface area (Å²) in [5.74, 6) is -0.273. The zero-order valence-electron chi connectivity index (χ0n) is 11.7. The molecule has 0 atom stereocenters. The minimum absolute atomic E-state index is 0.158. The maximum Gasteiger partial charge on any atom is 0.311 e. The van der Waals surface area contributed by atoms with Gasteiger partial charge in [0.2, 0.25) is 0 Å². The van der Waals surface area contributed by atoms with Gasteiger partial charge in [-0.2, -0.15) is 0 Å². The molecule has 106 valence electrons. The maximum absolute atomic E-state index is 11.6. The van der Waals surface area contributed by atoms with Gasteiger partial charge in [0.15, 0.2) is 0 Å². The molecule has 5 heteroatoms. The van der Waals surface area contributed by atoms with Crippen molar-refractivity contribution in [2.45, 2.75) is 13.3 Å². The van der Waals surface area contributed by atoms with E-state index in [1.165, 1.54) is 6.33 Å². The maximum atomic E-state index is 11.6. The van der Waals surface area contributed by atoms with Gasteiger partial charge in [0, 0.05) is 17.3 Å². The highest BCUT2D eigenvalue weighted by atomic mass is 16.5. The molecule has 0 amide bonds. The quantitative estimate of drug-likeness (QED) is 0.689. The molecule has 5 nitrogen and oxygen atoms in total. The van der Waals surface area contributed by atoms with Gasteiger partial charge < -0.3 is 9.30 Å². The van der Waals surface area contributed by atoms with E-state index in [0.717, 1.165) is 16.7 Å². The largest absolute Gasteiger partial charge is 0.466 e. The normalized spacial score (nSPS) is 10.7. The lowest BCUT2D eigenvalue weighted by atomic mass is 10.2. The first-order valence-electron chi connectivity index (χ1n) is 6.81. The lowest BCUT2D eigenvalue weighted by molar-refractivity contribution is -0.142. The number of esters is 1. The smallest absolute Gasteiger partial charge is 0.311 e. The summed E-state index contributed by atoms with van der Waals surface area (Å²) in [5, 5.41) is 0.870. The second-order valence-corrected chi connectivity index (χ2v) is 4.56. The molecule has 0 spiro atoms. The standard InChI is InChI=1S/C16H15N3O2/c1-2-21-15(20)10-14-13-8-9-19(16(13)18-11-17-14)12-6-4-3-5-7-12/h3-9,11H,2,10H2,1H3. The van der Waals surface area contributed by atoms with Gasteiger partial charge in [0.25, 0.3) is 0 Å². The molecular weight excluding hydrogens is 266 g/mol. The molecule has 1 aromatic carbocycles. The second-order valence-electron chi connectivity index (χ2n) is 4.56. The number of hydrogen-bond acceptors (Lipinski definition) is 4. The van der Waals surface area contributed by atoms with E-state index in [1.807, 2.05) is 47.2 Å². The van der Waals surface area contributed by atoms with E-state index >= 15 is 0 Å². The molecule has 2 aromatic heterocycles. The van der Waals surface area contributed by atoms with Crippen LogP contribution in [0, 0.1) is 0 Å². The van der Waals surface area contributed by atoms with Crippen LogP contribution in [0.3, 0.4) is 0 Å². The molecule has 0 unspecified atom stereocenters. The van der Waals surface area contributed by atoms with Crippen LogP contribution in [0.5, 0.6) is 0 Å². The van der Waals surface area contributed by atoms with Crippen LogP contribution in [0.25, 0.3) is 16.7 Å². The van der Waals surface area contributed by atoms with Gasteiger partial charge in [-0.15, -0.1) is 0 Å². The Bertz CT molecular complexity index is 766. The zero-order valence-corrected chi connectivity index (χ0v) is 11.7. The van der Waals surface area contributed by atoms with Crippen LogP contribution < -0.4 is 0 Å². The van der Waals surface area contributed by atoms with Crippen molar-refractivity contribution in [2.24, 2.45) is 0 Å². The van der Waals surface area contributed by atoms with Gasteiger partial charge in [-0.3, -0.25) is 4.79 Å². The Morgan fingerprint density at radius 1 is 1.19 bits per heavy atom. The minimum Gasteiger partial charge on any atom is -0.466 e. The van der Waals surface area contributed by atoms with Crippen molar-refractivity contribution in [3.8, 4) is 5.69 Å². The molecule has 0 N–H and O–H groups in total. The fourth-order valence-corrected chi connectivity index (χ4v) is 2.29. The fourth-order valence-electron chi connectivity index (χ4n) is 2.29. The number of aromatic nitrogens is 3. The van der Waals surface area contributed by atoms with E-state index in [4.69, 9.17) is 4.74 Å². The lowest BCUT2D eigenvalue weighted by Crippen LogP contribution is -2.09. The molecule has 21 heavy (non-hydrogen) atoms. The highest BCUT2D eigenvalue weighted by Gasteiger charge is 2.13. The van der Waals surface area contributed by atoms with Gasteiger partial charge in [0.1, 0.15) is 12.0 Å². The van der Waals surface area contributed by atoms with Crippen LogP contribution in [0.15, 0.2) is 48.9 Å². The zero-order chi connectivity index (χ0) is 14.7. The number of carbonyl (C=O) groups excluding carboxylic acids is 1. The molecular formula is C16H15N3O2. The molecule has 0 aliphatic rings. The highest BCUT2D eigenvalue weighted by molar-refractivity contribution is 5.84. The number of carbonyl (C=O) groups is 1. The van der Waals surface area contributed by atoms with Gasteiger partial charge in [0.05, 0.1) is 18.7 Å². The summed E-state index contributed by atoms with van der Waals surface area (Å²) in [6.45, 7) is 2.16. The first kappa shape index (κ1) is 13.3. The van der Waals surface area contributed by atoms with Gasteiger partial charge in [-0.05, 0) is 25.1 Å². The van der Waals surface area contributed by atoms with E-state index in [0.29, 0.717) is 12.3 Å². The van der Waals surface area contributed by atoms with E-state index in [9.17, 15) is 4.79 Å². The van der Waals surface area contributed by atoms with Crippen molar-refractivity contribution in [3.05, 3.63) is 54.6 Å². The first-order valence-corrected chi connectivity index (χ1v) is 6.81. The average Bonchev–Trinajstić information content (AvgIpc) is 2.93. The van der Waals surface area contributed by atoms with Crippen LogP contribution >= 0.6 is 0 Å². The van der Waals surface area contributed by atoms with Crippen molar-refractivity contribution < 1.29 is 9.53 Å². The van der Waals surface area contributed by atoms with Gasteiger partial charge >= 0.3 is 5.97 Å². The van der Waals surface area contributed by atoms with Crippen LogP contribution in [0.2, 0.25) is 0 Å². The SMILES string of the molecule is CCOC(=O)Cc1ncnc2c1ccn2-c1ccccc1. The summed E-state index contributed by atoms with van der Waals surface area (Å²) in [7, 11) is 0. The number of hydrogen-bond donors (Lipinski definition) is 0. The predicted molar refractivity (Wildman–Crippen MR) is 79.2 cm³/mol.